The maximum Gasteiger partial charge on any atom is 0.254 e. The van der Waals surface area contributed by atoms with E-state index in [1.165, 1.54) is 19.4 Å². The zero-order valence-electron chi connectivity index (χ0n) is 16.3. The average Bonchev–Trinajstić information content (AvgIpc) is 3.40. The minimum absolute atomic E-state index is 0.195. The van der Waals surface area contributed by atoms with Crippen LogP contribution >= 0.6 is 0 Å². The lowest BCUT2D eigenvalue weighted by Crippen LogP contribution is -2.46. The maximum absolute atomic E-state index is 13.4. The van der Waals surface area contributed by atoms with Crippen molar-refractivity contribution in [1.82, 2.24) is 14.4 Å². The molecule has 140 valence electrons. The van der Waals surface area contributed by atoms with Crippen molar-refractivity contribution in [1.29, 1.82) is 0 Å². The minimum atomic E-state index is 0.195. The van der Waals surface area contributed by atoms with E-state index in [-0.39, 0.29) is 5.91 Å². The molecule has 2 aliphatic rings. The van der Waals surface area contributed by atoms with Crippen LogP contribution in [0.4, 0.5) is 0 Å². The van der Waals surface area contributed by atoms with Crippen LogP contribution in [0.1, 0.15) is 43.5 Å². The summed E-state index contributed by atoms with van der Waals surface area (Å²) in [5.41, 5.74) is 1.97. The summed E-state index contributed by atoms with van der Waals surface area (Å²) in [4.78, 5) is 18.2. The number of fused-ring (bicyclic) bond motifs is 1. The van der Waals surface area contributed by atoms with Crippen LogP contribution in [0.5, 0.6) is 0 Å². The summed E-state index contributed by atoms with van der Waals surface area (Å²) in [5.74, 6) is 1.66. The van der Waals surface area contributed by atoms with E-state index in [4.69, 9.17) is 0 Å². The molecule has 1 aliphatic heterocycles. The van der Waals surface area contributed by atoms with Crippen molar-refractivity contribution >= 4 is 16.8 Å². The van der Waals surface area contributed by atoms with Gasteiger partial charge in [-0.1, -0.05) is 19.9 Å². The third kappa shape index (κ3) is 3.39. The highest BCUT2D eigenvalue weighted by molar-refractivity contribution is 6.06. The predicted octanol–water partition coefficient (Wildman–Crippen LogP) is 3.76. The fraction of sp³-hybridized carbons (Fsp3) is 0.591. The van der Waals surface area contributed by atoms with Gasteiger partial charge in [0.1, 0.15) is 0 Å². The number of amides is 1. The van der Waals surface area contributed by atoms with Crippen LogP contribution in [0.2, 0.25) is 0 Å². The number of benzene rings is 1. The normalized spacial score (nSPS) is 22.2. The van der Waals surface area contributed by atoms with Gasteiger partial charge in [-0.2, -0.15) is 0 Å². The molecule has 0 bridgehead atoms. The molecule has 0 spiro atoms. The molecule has 1 aliphatic carbocycles. The summed E-state index contributed by atoms with van der Waals surface area (Å²) in [6, 6.07) is 8.62. The molecular formula is C22H31N3O. The Morgan fingerprint density at radius 3 is 2.73 bits per heavy atom. The molecule has 1 amide bonds. The Morgan fingerprint density at radius 1 is 1.19 bits per heavy atom. The first-order chi connectivity index (χ1) is 12.5. The standard InChI is InChI=1S/C22H31N3O/c1-16(2)21-15-25(12-5-11-24(21)14-17-8-9-17)22(26)19-6-4-7-20-18(19)10-13-23(20)3/h4,6-7,10,13,16-17,21H,5,8-9,11-12,14-15H2,1-3H3. The second-order valence-electron chi connectivity index (χ2n) is 8.52. The number of rotatable bonds is 4. The molecule has 4 nitrogen and oxygen atoms in total. The molecule has 1 aromatic heterocycles. The van der Waals surface area contributed by atoms with E-state index in [0.29, 0.717) is 12.0 Å². The molecule has 1 saturated carbocycles. The number of carbonyl (C=O) groups is 1. The maximum atomic E-state index is 13.4. The molecular weight excluding hydrogens is 322 g/mol. The second kappa shape index (κ2) is 7.07. The largest absolute Gasteiger partial charge is 0.351 e. The van der Waals surface area contributed by atoms with E-state index in [2.05, 4.69) is 40.3 Å². The molecule has 2 aromatic rings. The monoisotopic (exact) mass is 353 g/mol. The van der Waals surface area contributed by atoms with Crippen LogP contribution in [-0.2, 0) is 7.05 Å². The summed E-state index contributed by atoms with van der Waals surface area (Å²) >= 11 is 0. The quantitative estimate of drug-likeness (QED) is 0.837. The van der Waals surface area contributed by atoms with Crippen molar-refractivity contribution in [2.24, 2.45) is 18.9 Å². The number of aromatic nitrogens is 1. The third-order valence-electron chi connectivity index (χ3n) is 6.15. The lowest BCUT2D eigenvalue weighted by atomic mass is 10.0. The average molecular weight is 354 g/mol. The third-order valence-corrected chi connectivity index (χ3v) is 6.15. The molecule has 2 heterocycles. The number of aryl methyl sites for hydroxylation is 1. The van der Waals surface area contributed by atoms with Crippen LogP contribution in [0.15, 0.2) is 30.5 Å². The molecule has 4 heteroatoms. The summed E-state index contributed by atoms with van der Waals surface area (Å²) in [6.07, 6.45) is 5.89. The summed E-state index contributed by atoms with van der Waals surface area (Å²) < 4.78 is 2.09. The predicted molar refractivity (Wildman–Crippen MR) is 106 cm³/mol. The SMILES string of the molecule is CC(C)C1CN(C(=O)c2cccc3c2ccn3C)CCCN1CC1CC1. The highest BCUT2D eigenvalue weighted by Crippen LogP contribution is 2.32. The molecule has 1 aromatic carbocycles. The zero-order chi connectivity index (χ0) is 18.3. The lowest BCUT2D eigenvalue weighted by molar-refractivity contribution is 0.0706. The van der Waals surface area contributed by atoms with E-state index >= 15 is 0 Å². The Balaban J connectivity index is 1.58. The summed E-state index contributed by atoms with van der Waals surface area (Å²) in [5, 5.41) is 1.07. The van der Waals surface area contributed by atoms with E-state index in [0.717, 1.165) is 48.4 Å². The van der Waals surface area contributed by atoms with Crippen molar-refractivity contribution in [2.45, 2.75) is 39.2 Å². The summed E-state index contributed by atoms with van der Waals surface area (Å²) in [7, 11) is 2.03. The Morgan fingerprint density at radius 2 is 2.00 bits per heavy atom. The molecule has 0 radical (unpaired) electrons. The highest BCUT2D eigenvalue weighted by atomic mass is 16.2. The van der Waals surface area contributed by atoms with Gasteiger partial charge in [0.2, 0.25) is 0 Å². The van der Waals surface area contributed by atoms with E-state index in [1.54, 1.807) is 0 Å². The van der Waals surface area contributed by atoms with Gasteiger partial charge in [0, 0.05) is 61.9 Å². The van der Waals surface area contributed by atoms with E-state index in [1.807, 2.05) is 25.4 Å². The van der Waals surface area contributed by atoms with E-state index in [9.17, 15) is 4.79 Å². The molecule has 4 rings (SSSR count). The van der Waals surface area contributed by atoms with Crippen molar-refractivity contribution < 1.29 is 4.79 Å². The number of hydrogen-bond acceptors (Lipinski definition) is 2. The van der Waals surface area contributed by atoms with Crippen molar-refractivity contribution in [3.8, 4) is 0 Å². The van der Waals surface area contributed by atoms with Gasteiger partial charge in [0.25, 0.3) is 5.91 Å². The number of nitrogens with zero attached hydrogens (tertiary/aromatic N) is 3. The zero-order valence-corrected chi connectivity index (χ0v) is 16.3. The van der Waals surface area contributed by atoms with Gasteiger partial charge in [-0.05, 0) is 49.3 Å². The first-order valence-corrected chi connectivity index (χ1v) is 10.1. The van der Waals surface area contributed by atoms with Gasteiger partial charge in [-0.3, -0.25) is 9.69 Å². The van der Waals surface area contributed by atoms with Gasteiger partial charge < -0.3 is 9.47 Å². The number of carbonyl (C=O) groups excluding carboxylic acids is 1. The number of hydrogen-bond donors (Lipinski definition) is 0. The fourth-order valence-electron chi connectivity index (χ4n) is 4.40. The minimum Gasteiger partial charge on any atom is -0.351 e. The molecule has 26 heavy (non-hydrogen) atoms. The Bertz CT molecular complexity index is 790. The van der Waals surface area contributed by atoms with Crippen molar-refractivity contribution in [2.75, 3.05) is 26.2 Å². The molecule has 1 atom stereocenters. The van der Waals surface area contributed by atoms with Gasteiger partial charge in [-0.15, -0.1) is 0 Å². The van der Waals surface area contributed by atoms with Crippen LogP contribution in [0.3, 0.4) is 0 Å². The smallest absolute Gasteiger partial charge is 0.254 e. The van der Waals surface area contributed by atoms with Crippen LogP contribution in [0, 0.1) is 11.8 Å². The van der Waals surface area contributed by atoms with Gasteiger partial charge in [0.15, 0.2) is 0 Å². The van der Waals surface area contributed by atoms with Crippen molar-refractivity contribution in [3.63, 3.8) is 0 Å². The second-order valence-corrected chi connectivity index (χ2v) is 8.52. The van der Waals surface area contributed by atoms with Gasteiger partial charge >= 0.3 is 0 Å². The topological polar surface area (TPSA) is 28.5 Å². The van der Waals surface area contributed by atoms with Crippen LogP contribution < -0.4 is 0 Å². The summed E-state index contributed by atoms with van der Waals surface area (Å²) in [6.45, 7) is 8.67. The van der Waals surface area contributed by atoms with Crippen molar-refractivity contribution in [3.05, 3.63) is 36.0 Å². The Kier molecular flexibility index (Phi) is 4.78. The molecule has 0 N–H and O–H groups in total. The molecule has 1 saturated heterocycles. The van der Waals surface area contributed by atoms with Crippen LogP contribution in [-0.4, -0.2) is 52.5 Å². The Labute approximate surface area is 156 Å². The van der Waals surface area contributed by atoms with Gasteiger partial charge in [-0.25, -0.2) is 0 Å². The first-order valence-electron chi connectivity index (χ1n) is 10.1. The van der Waals surface area contributed by atoms with Crippen LogP contribution in [0.25, 0.3) is 10.9 Å². The highest BCUT2D eigenvalue weighted by Gasteiger charge is 2.33. The fourth-order valence-corrected chi connectivity index (χ4v) is 4.40. The first kappa shape index (κ1) is 17.6. The Hall–Kier alpha value is -1.81. The lowest BCUT2D eigenvalue weighted by Gasteiger charge is -2.34. The van der Waals surface area contributed by atoms with E-state index < -0.39 is 0 Å². The molecule has 1 unspecified atom stereocenters. The molecule has 2 fully saturated rings. The van der Waals surface area contributed by atoms with Gasteiger partial charge in [0.05, 0.1) is 0 Å².